The molecular formula is H7KO14P4. The van der Waals surface area contributed by atoms with Crippen LogP contribution in [0.25, 0.3) is 0 Å². The third-order valence-corrected chi connectivity index (χ3v) is 3.74. The van der Waals surface area contributed by atoms with Crippen LogP contribution in [-0.2, 0) is 26.9 Å². The second-order valence-corrected chi connectivity index (χ2v) is 7.29. The molecule has 0 aromatic heterocycles. The first-order chi connectivity index (χ1) is 7.41. The van der Waals surface area contributed by atoms with Crippen molar-refractivity contribution in [3.63, 3.8) is 0 Å². The molecule has 0 aromatic rings. The molecule has 19 heteroatoms. The van der Waals surface area contributed by atoms with Crippen molar-refractivity contribution >= 4 is 31.3 Å². The number of hydrogen-bond donors (Lipinski definition) is 7. The SMILES string of the molecule is O=P(O)(O)O.O=P([O-])(O)OP(=O)(O)OP(=O)(O)O.[K+]. The van der Waals surface area contributed by atoms with E-state index in [4.69, 9.17) is 38.8 Å². The molecule has 7 N–H and O–H groups in total. The summed E-state index contributed by atoms with van der Waals surface area (Å²) in [5, 5.41) is 0. The predicted octanol–water partition coefficient (Wildman–Crippen LogP) is -5.25. The molecule has 0 fully saturated rings. The molecule has 2 atom stereocenters. The van der Waals surface area contributed by atoms with E-state index in [9.17, 15) is 18.6 Å². The molecule has 0 saturated carbocycles. The van der Waals surface area contributed by atoms with Gasteiger partial charge in [-0.15, -0.1) is 0 Å². The number of phosphoric acid groups is 4. The van der Waals surface area contributed by atoms with Gasteiger partial charge in [0.05, 0.1) is 0 Å². The maximum absolute atomic E-state index is 10.3. The quantitative estimate of drug-likeness (QED) is 0.174. The minimum Gasteiger partial charge on any atom is -0.756 e. The molecule has 2 unspecified atom stereocenters. The molecule has 0 radical (unpaired) electrons. The van der Waals surface area contributed by atoms with Crippen LogP contribution in [0.1, 0.15) is 0 Å². The fourth-order valence-electron chi connectivity index (χ4n) is 0.280. The van der Waals surface area contributed by atoms with Crippen molar-refractivity contribution in [1.82, 2.24) is 0 Å². The van der Waals surface area contributed by atoms with Crippen molar-refractivity contribution < 1.29 is 117 Å². The van der Waals surface area contributed by atoms with Crippen LogP contribution in [0.15, 0.2) is 0 Å². The first kappa shape index (κ1) is 26.1. The van der Waals surface area contributed by atoms with Gasteiger partial charge in [0, 0.05) is 0 Å². The van der Waals surface area contributed by atoms with Crippen molar-refractivity contribution in [1.29, 1.82) is 0 Å². The van der Waals surface area contributed by atoms with E-state index in [2.05, 4.69) is 8.62 Å². The first-order valence-corrected chi connectivity index (χ1v) is 9.13. The van der Waals surface area contributed by atoms with E-state index in [1.807, 2.05) is 0 Å². The third-order valence-electron chi connectivity index (χ3n) is 0.416. The van der Waals surface area contributed by atoms with Crippen LogP contribution in [0.3, 0.4) is 0 Å². The van der Waals surface area contributed by atoms with Crippen molar-refractivity contribution in [3.8, 4) is 0 Å². The van der Waals surface area contributed by atoms with Gasteiger partial charge in [-0.2, -0.15) is 4.31 Å². The predicted molar refractivity (Wildman–Crippen MR) is 48.1 cm³/mol. The molecule has 0 saturated heterocycles. The largest absolute Gasteiger partial charge is 1.00 e. The molecule has 0 aromatic carbocycles. The Hall–Kier alpha value is 2.16. The Labute approximate surface area is 147 Å². The smallest absolute Gasteiger partial charge is 0.756 e. The van der Waals surface area contributed by atoms with Gasteiger partial charge in [-0.3, -0.25) is 4.57 Å². The van der Waals surface area contributed by atoms with E-state index in [1.54, 1.807) is 0 Å². The summed E-state index contributed by atoms with van der Waals surface area (Å²) in [6.45, 7) is 0. The van der Waals surface area contributed by atoms with Gasteiger partial charge in [0.15, 0.2) is 0 Å². The summed E-state index contributed by atoms with van der Waals surface area (Å²) in [4.78, 5) is 63.4. The van der Waals surface area contributed by atoms with Crippen molar-refractivity contribution in [3.05, 3.63) is 0 Å². The van der Waals surface area contributed by atoms with Crippen molar-refractivity contribution in [2.24, 2.45) is 0 Å². The average Bonchev–Trinajstić information content (AvgIpc) is 1.64. The van der Waals surface area contributed by atoms with E-state index in [-0.39, 0.29) is 51.4 Å². The average molecular weight is 394 g/mol. The normalized spacial score (nSPS) is 18.1. The Balaban J connectivity index is -0.000000366. The van der Waals surface area contributed by atoms with Gasteiger partial charge >= 0.3 is 74.9 Å². The van der Waals surface area contributed by atoms with Gasteiger partial charge in [-0.05, 0) is 0 Å². The van der Waals surface area contributed by atoms with Gasteiger partial charge in [0.1, 0.15) is 0 Å². The van der Waals surface area contributed by atoms with E-state index in [0.717, 1.165) is 0 Å². The summed E-state index contributed by atoms with van der Waals surface area (Å²) < 4.78 is 44.9. The summed E-state index contributed by atoms with van der Waals surface area (Å²) in [5.74, 6) is 0. The molecule has 0 amide bonds. The van der Waals surface area contributed by atoms with Crippen LogP contribution in [-0.4, -0.2) is 34.3 Å². The topological polar surface area (TPSA) is 251 Å². The van der Waals surface area contributed by atoms with Gasteiger partial charge in [0.2, 0.25) is 0 Å². The fraction of sp³-hybridized carbons (Fsp3) is 0. The monoisotopic (exact) mass is 394 g/mol. The first-order valence-electron chi connectivity index (χ1n) is 3.04. The van der Waals surface area contributed by atoms with E-state index >= 15 is 0 Å². The Morgan fingerprint density at radius 2 is 1.00 bits per heavy atom. The molecule has 112 valence electrons. The van der Waals surface area contributed by atoms with Gasteiger partial charge in [-0.25, -0.2) is 18.0 Å². The van der Waals surface area contributed by atoms with Crippen LogP contribution in [0.2, 0.25) is 0 Å². The Morgan fingerprint density at radius 3 is 1.16 bits per heavy atom. The summed E-state index contributed by atoms with van der Waals surface area (Å²) in [5.41, 5.74) is 0. The molecule has 0 aliphatic carbocycles. The molecule has 0 spiro atoms. The summed E-state index contributed by atoms with van der Waals surface area (Å²) >= 11 is 0. The zero-order valence-corrected chi connectivity index (χ0v) is 15.5. The zero-order valence-electron chi connectivity index (χ0n) is 8.78. The maximum Gasteiger partial charge on any atom is 1.00 e. The molecule has 0 rings (SSSR count). The van der Waals surface area contributed by atoms with E-state index in [0.29, 0.717) is 0 Å². The summed E-state index contributed by atoms with van der Waals surface area (Å²) in [6, 6.07) is 0. The van der Waals surface area contributed by atoms with Crippen LogP contribution < -0.4 is 56.3 Å². The van der Waals surface area contributed by atoms with Crippen molar-refractivity contribution in [2.75, 3.05) is 0 Å². The number of hydrogen-bond acceptors (Lipinski definition) is 7. The standard InChI is InChI=1S/K.H5O10P3.H3O4P/c;1-11(2,3)9-13(7,8)10-12(4,5)6;1-5(2,3)4/h;(H,7,8)(H2,1,2,3)(H2,4,5,6);(H3,1,2,3,4)/q+1;;/p-1. The van der Waals surface area contributed by atoms with Crippen LogP contribution >= 0.6 is 31.3 Å². The Kier molecular flexibility index (Phi) is 12.8. The van der Waals surface area contributed by atoms with Crippen molar-refractivity contribution in [2.45, 2.75) is 0 Å². The molecule has 0 heterocycles. The zero-order chi connectivity index (χ0) is 15.4. The second-order valence-electron chi connectivity index (χ2n) is 2.10. The fourth-order valence-corrected chi connectivity index (χ4v) is 2.79. The molecule has 0 bridgehead atoms. The molecule has 0 aliphatic rings. The van der Waals surface area contributed by atoms with Gasteiger partial charge in [-0.1, -0.05) is 0 Å². The molecular weight excluding hydrogens is 387 g/mol. The van der Waals surface area contributed by atoms with Gasteiger partial charge in [0.25, 0.3) is 7.82 Å². The van der Waals surface area contributed by atoms with E-state index in [1.165, 1.54) is 0 Å². The summed E-state index contributed by atoms with van der Waals surface area (Å²) in [6.07, 6.45) is 0. The Bertz CT molecular complexity index is 394. The summed E-state index contributed by atoms with van der Waals surface area (Å²) in [7, 11) is -21.2. The molecule has 19 heavy (non-hydrogen) atoms. The minimum atomic E-state index is -5.60. The van der Waals surface area contributed by atoms with Crippen LogP contribution in [0.5, 0.6) is 0 Å². The Morgan fingerprint density at radius 1 is 0.737 bits per heavy atom. The second kappa shape index (κ2) is 9.33. The van der Waals surface area contributed by atoms with Crippen LogP contribution in [0.4, 0.5) is 0 Å². The van der Waals surface area contributed by atoms with Gasteiger partial charge < -0.3 is 39.1 Å². The maximum atomic E-state index is 10.3. The van der Waals surface area contributed by atoms with Crippen LogP contribution in [0, 0.1) is 0 Å². The molecule has 14 nitrogen and oxygen atoms in total. The minimum absolute atomic E-state index is 0. The third kappa shape index (κ3) is 33.2. The number of rotatable bonds is 4. The van der Waals surface area contributed by atoms with E-state index < -0.39 is 31.3 Å². The molecule has 0 aliphatic heterocycles.